The molecule has 2 rings (SSSR count). The first kappa shape index (κ1) is 12.9. The van der Waals surface area contributed by atoms with Crippen molar-refractivity contribution in [3.63, 3.8) is 0 Å². The normalized spacial score (nSPS) is 15.0. The first-order valence-corrected chi connectivity index (χ1v) is 6.63. The Balaban J connectivity index is 2.16. The minimum atomic E-state index is 0.439. The maximum Gasteiger partial charge on any atom is 0.147 e. The number of pyridine rings is 1. The number of alkyl halides is 1. The topological polar surface area (TPSA) is 25.4 Å². The lowest BCUT2D eigenvalue weighted by Gasteiger charge is -2.24. The monoisotopic (exact) mass is 274 g/mol. The number of nitrogens with zero attached hydrogens (tertiary/aromatic N) is 2. The lowest BCUT2D eigenvalue weighted by atomic mass is 10.3. The van der Waals surface area contributed by atoms with E-state index in [2.05, 4.69) is 9.88 Å². The standard InChI is InChI=1S/C12H16Cl2N2O/c1-17-5-4-16(10-2-3-10)12-11(14)6-9(7-13)8-15-12/h6,8,10H,2-5,7H2,1H3. The molecule has 1 heterocycles. The molecule has 0 radical (unpaired) electrons. The summed E-state index contributed by atoms with van der Waals surface area (Å²) < 4.78 is 5.12. The van der Waals surface area contributed by atoms with Gasteiger partial charge in [0.05, 0.1) is 11.6 Å². The van der Waals surface area contributed by atoms with E-state index in [4.69, 9.17) is 27.9 Å². The van der Waals surface area contributed by atoms with Crippen LogP contribution >= 0.6 is 23.2 Å². The molecule has 1 fully saturated rings. The zero-order valence-electron chi connectivity index (χ0n) is 9.83. The minimum Gasteiger partial charge on any atom is -0.383 e. The summed E-state index contributed by atoms with van der Waals surface area (Å²) >= 11 is 12.0. The van der Waals surface area contributed by atoms with Crippen LogP contribution < -0.4 is 4.90 Å². The molecule has 0 spiro atoms. The van der Waals surface area contributed by atoms with Crippen molar-refractivity contribution in [1.82, 2.24) is 4.98 Å². The smallest absolute Gasteiger partial charge is 0.147 e. The molecule has 1 aromatic rings. The number of hydrogen-bond donors (Lipinski definition) is 0. The number of aromatic nitrogens is 1. The van der Waals surface area contributed by atoms with Gasteiger partial charge in [0, 0.05) is 31.8 Å². The highest BCUT2D eigenvalue weighted by Crippen LogP contribution is 2.34. The Morgan fingerprint density at radius 1 is 1.53 bits per heavy atom. The molecule has 0 N–H and O–H groups in total. The zero-order chi connectivity index (χ0) is 12.3. The van der Waals surface area contributed by atoms with Gasteiger partial charge in [0.15, 0.2) is 0 Å². The maximum atomic E-state index is 6.25. The van der Waals surface area contributed by atoms with E-state index in [1.165, 1.54) is 12.8 Å². The van der Waals surface area contributed by atoms with Crippen molar-refractivity contribution >= 4 is 29.0 Å². The average Bonchev–Trinajstić information content (AvgIpc) is 3.15. The van der Waals surface area contributed by atoms with Gasteiger partial charge >= 0.3 is 0 Å². The summed E-state index contributed by atoms with van der Waals surface area (Å²) in [5.41, 5.74) is 0.947. The minimum absolute atomic E-state index is 0.439. The summed E-state index contributed by atoms with van der Waals surface area (Å²) in [5.74, 6) is 1.29. The Hall–Kier alpha value is -0.510. The first-order valence-electron chi connectivity index (χ1n) is 5.72. The van der Waals surface area contributed by atoms with E-state index in [1.807, 2.05) is 6.07 Å². The fourth-order valence-electron chi connectivity index (χ4n) is 1.79. The van der Waals surface area contributed by atoms with E-state index in [0.717, 1.165) is 17.9 Å². The summed E-state index contributed by atoms with van der Waals surface area (Å²) in [6.07, 6.45) is 4.20. The van der Waals surface area contributed by atoms with Gasteiger partial charge in [0.25, 0.3) is 0 Å². The molecule has 1 aliphatic carbocycles. The van der Waals surface area contributed by atoms with E-state index in [-0.39, 0.29) is 0 Å². The molecule has 0 aliphatic heterocycles. The molecule has 1 aliphatic rings. The van der Waals surface area contributed by atoms with Crippen molar-refractivity contribution in [1.29, 1.82) is 0 Å². The van der Waals surface area contributed by atoms with Crippen LogP contribution in [-0.2, 0) is 10.6 Å². The molecule has 0 amide bonds. The number of methoxy groups -OCH3 is 1. The fourth-order valence-corrected chi connectivity index (χ4v) is 2.24. The van der Waals surface area contributed by atoms with Crippen molar-refractivity contribution in [2.75, 3.05) is 25.2 Å². The van der Waals surface area contributed by atoms with Crippen LogP contribution in [0.4, 0.5) is 5.82 Å². The molecule has 0 atom stereocenters. The van der Waals surface area contributed by atoms with E-state index in [1.54, 1.807) is 13.3 Å². The van der Waals surface area contributed by atoms with Crippen LogP contribution in [-0.4, -0.2) is 31.3 Å². The summed E-state index contributed by atoms with van der Waals surface area (Å²) in [4.78, 5) is 6.64. The van der Waals surface area contributed by atoms with Crippen LogP contribution in [0, 0.1) is 0 Å². The molecule has 94 valence electrons. The van der Waals surface area contributed by atoms with Gasteiger partial charge in [-0.25, -0.2) is 4.98 Å². The molecular weight excluding hydrogens is 259 g/mol. The van der Waals surface area contributed by atoms with Crippen LogP contribution in [0.2, 0.25) is 5.02 Å². The van der Waals surface area contributed by atoms with Gasteiger partial charge in [-0.1, -0.05) is 11.6 Å². The summed E-state index contributed by atoms with van der Waals surface area (Å²) in [6, 6.07) is 2.45. The Labute approximate surface area is 112 Å². The third-order valence-electron chi connectivity index (χ3n) is 2.83. The van der Waals surface area contributed by atoms with E-state index < -0.39 is 0 Å². The Morgan fingerprint density at radius 2 is 2.29 bits per heavy atom. The van der Waals surface area contributed by atoms with Gasteiger partial charge in [-0.3, -0.25) is 0 Å². The highest BCUT2D eigenvalue weighted by Gasteiger charge is 2.30. The molecule has 1 saturated carbocycles. The van der Waals surface area contributed by atoms with Crippen molar-refractivity contribution in [2.45, 2.75) is 24.8 Å². The molecule has 1 aromatic heterocycles. The number of hydrogen-bond acceptors (Lipinski definition) is 3. The van der Waals surface area contributed by atoms with Gasteiger partial charge in [0.2, 0.25) is 0 Å². The predicted molar refractivity (Wildman–Crippen MR) is 71.0 cm³/mol. The molecule has 0 unspecified atom stereocenters. The predicted octanol–water partition coefficient (Wildman–Crippen LogP) is 3.09. The Kier molecular flexibility index (Phi) is 4.48. The first-order chi connectivity index (χ1) is 8.26. The van der Waals surface area contributed by atoms with Crippen molar-refractivity contribution in [3.8, 4) is 0 Å². The Bertz CT molecular complexity index is 383. The summed E-state index contributed by atoms with van der Waals surface area (Å²) in [7, 11) is 1.71. The van der Waals surface area contributed by atoms with Crippen LogP contribution in [0.1, 0.15) is 18.4 Å². The molecule has 5 heteroatoms. The number of ether oxygens (including phenoxy) is 1. The van der Waals surface area contributed by atoms with Crippen molar-refractivity contribution in [3.05, 3.63) is 22.8 Å². The van der Waals surface area contributed by atoms with Crippen LogP contribution in [0.3, 0.4) is 0 Å². The number of rotatable bonds is 6. The van der Waals surface area contributed by atoms with Gasteiger partial charge in [0.1, 0.15) is 5.82 Å². The van der Waals surface area contributed by atoms with Gasteiger partial charge < -0.3 is 9.64 Å². The highest BCUT2D eigenvalue weighted by molar-refractivity contribution is 6.33. The number of halogens is 2. The molecule has 0 saturated heterocycles. The molecule has 0 bridgehead atoms. The molecular formula is C12H16Cl2N2O. The summed E-state index contributed by atoms with van der Waals surface area (Å²) in [5, 5.41) is 0.672. The molecule has 17 heavy (non-hydrogen) atoms. The van der Waals surface area contributed by atoms with Crippen molar-refractivity contribution in [2.24, 2.45) is 0 Å². The van der Waals surface area contributed by atoms with Crippen LogP contribution in [0.25, 0.3) is 0 Å². The summed E-state index contributed by atoms with van der Waals surface area (Å²) in [6.45, 7) is 1.51. The van der Waals surface area contributed by atoms with E-state index >= 15 is 0 Å². The van der Waals surface area contributed by atoms with Crippen LogP contribution in [0.5, 0.6) is 0 Å². The third-order valence-corrected chi connectivity index (χ3v) is 3.42. The third kappa shape index (κ3) is 3.24. The Morgan fingerprint density at radius 3 is 2.82 bits per heavy atom. The zero-order valence-corrected chi connectivity index (χ0v) is 11.3. The second-order valence-corrected chi connectivity index (χ2v) is 4.87. The molecule has 0 aromatic carbocycles. The van der Waals surface area contributed by atoms with E-state index in [9.17, 15) is 0 Å². The van der Waals surface area contributed by atoms with Crippen LogP contribution in [0.15, 0.2) is 12.3 Å². The quantitative estimate of drug-likeness (QED) is 0.746. The lowest BCUT2D eigenvalue weighted by molar-refractivity contribution is 0.204. The second-order valence-electron chi connectivity index (χ2n) is 4.20. The largest absolute Gasteiger partial charge is 0.383 e. The SMILES string of the molecule is COCCN(c1ncc(CCl)cc1Cl)C1CC1. The lowest BCUT2D eigenvalue weighted by Crippen LogP contribution is -2.30. The second kappa shape index (κ2) is 5.89. The highest BCUT2D eigenvalue weighted by atomic mass is 35.5. The average molecular weight is 275 g/mol. The molecule has 3 nitrogen and oxygen atoms in total. The van der Waals surface area contributed by atoms with Gasteiger partial charge in [-0.2, -0.15) is 0 Å². The van der Waals surface area contributed by atoms with Gasteiger partial charge in [-0.05, 0) is 24.5 Å². The maximum absolute atomic E-state index is 6.25. The van der Waals surface area contributed by atoms with E-state index in [0.29, 0.717) is 23.6 Å². The number of anilines is 1. The fraction of sp³-hybridized carbons (Fsp3) is 0.583. The van der Waals surface area contributed by atoms with Gasteiger partial charge in [-0.15, -0.1) is 11.6 Å². The van der Waals surface area contributed by atoms with Crippen molar-refractivity contribution < 1.29 is 4.74 Å².